The maximum Gasteiger partial charge on any atom is 0.0728 e. The third-order valence-electron chi connectivity index (χ3n) is 3.13. The fourth-order valence-electron chi connectivity index (χ4n) is 2.20. The molecule has 0 aromatic carbocycles. The summed E-state index contributed by atoms with van der Waals surface area (Å²) in [4.78, 5) is 4.31. The van der Waals surface area contributed by atoms with E-state index in [1.165, 1.54) is 12.8 Å². The minimum absolute atomic E-state index is 0.397. The van der Waals surface area contributed by atoms with Crippen molar-refractivity contribution in [2.45, 2.75) is 44.9 Å². The highest BCUT2D eigenvalue weighted by Gasteiger charge is 2.23. The molecule has 2 heterocycles. The number of ether oxygens (including phenoxy) is 1. The molecule has 1 aliphatic rings. The number of hydrogen-bond acceptors (Lipinski definition) is 3. The summed E-state index contributed by atoms with van der Waals surface area (Å²) in [5, 5.41) is 3.54. The average molecular weight is 220 g/mol. The molecule has 3 nitrogen and oxygen atoms in total. The zero-order valence-corrected chi connectivity index (χ0v) is 9.86. The van der Waals surface area contributed by atoms with Gasteiger partial charge in [0.1, 0.15) is 0 Å². The van der Waals surface area contributed by atoms with Gasteiger partial charge in [-0.2, -0.15) is 0 Å². The van der Waals surface area contributed by atoms with Gasteiger partial charge in [0.15, 0.2) is 0 Å². The van der Waals surface area contributed by atoms with Crippen LogP contribution < -0.4 is 5.32 Å². The van der Waals surface area contributed by atoms with Crippen LogP contribution in [0.2, 0.25) is 0 Å². The number of hydrogen-bond donors (Lipinski definition) is 1. The van der Waals surface area contributed by atoms with Gasteiger partial charge in [-0.15, -0.1) is 0 Å². The van der Waals surface area contributed by atoms with Crippen LogP contribution in [0.15, 0.2) is 24.4 Å². The topological polar surface area (TPSA) is 34.2 Å². The fourth-order valence-corrected chi connectivity index (χ4v) is 2.20. The number of nitrogens with one attached hydrogen (secondary N) is 1. The fraction of sp³-hybridized carbons (Fsp3) is 0.615. The summed E-state index contributed by atoms with van der Waals surface area (Å²) in [5.41, 5.74) is 1.10. The van der Waals surface area contributed by atoms with Crippen molar-refractivity contribution in [2.24, 2.45) is 0 Å². The summed E-state index contributed by atoms with van der Waals surface area (Å²) < 4.78 is 5.71. The van der Waals surface area contributed by atoms with Crippen molar-refractivity contribution in [3.05, 3.63) is 30.1 Å². The quantitative estimate of drug-likeness (QED) is 0.825. The lowest BCUT2D eigenvalue weighted by atomic mass is 10.1. The number of nitrogens with zero attached hydrogens (tertiary/aromatic N) is 1. The van der Waals surface area contributed by atoms with Gasteiger partial charge in [-0.25, -0.2) is 0 Å². The van der Waals surface area contributed by atoms with Crippen LogP contribution in [0.5, 0.6) is 0 Å². The SMILES string of the molecule is CCC(NCc1ccccn1)C1CCCO1. The standard InChI is InChI=1S/C13H20N2O/c1-2-12(13-7-5-9-16-13)15-10-11-6-3-4-8-14-11/h3-4,6,8,12-13,15H,2,5,7,9-10H2,1H3. The molecule has 1 fully saturated rings. The largest absolute Gasteiger partial charge is 0.377 e. The first-order valence-corrected chi connectivity index (χ1v) is 6.15. The van der Waals surface area contributed by atoms with E-state index in [-0.39, 0.29) is 0 Å². The number of aromatic nitrogens is 1. The van der Waals surface area contributed by atoms with Crippen molar-refractivity contribution >= 4 is 0 Å². The van der Waals surface area contributed by atoms with Crippen LogP contribution in [-0.2, 0) is 11.3 Å². The first-order valence-electron chi connectivity index (χ1n) is 6.15. The maximum atomic E-state index is 5.71. The number of pyridine rings is 1. The smallest absolute Gasteiger partial charge is 0.0728 e. The molecule has 3 heteroatoms. The third-order valence-corrected chi connectivity index (χ3v) is 3.13. The van der Waals surface area contributed by atoms with Gasteiger partial charge in [0.05, 0.1) is 11.8 Å². The van der Waals surface area contributed by atoms with Crippen molar-refractivity contribution in [3.8, 4) is 0 Å². The second-order valence-corrected chi connectivity index (χ2v) is 4.27. The van der Waals surface area contributed by atoms with E-state index >= 15 is 0 Å². The maximum absolute atomic E-state index is 5.71. The van der Waals surface area contributed by atoms with E-state index < -0.39 is 0 Å². The van der Waals surface area contributed by atoms with Crippen molar-refractivity contribution in [1.29, 1.82) is 0 Å². The normalized spacial score (nSPS) is 22.2. The van der Waals surface area contributed by atoms with Gasteiger partial charge in [-0.1, -0.05) is 13.0 Å². The van der Waals surface area contributed by atoms with E-state index in [0.29, 0.717) is 12.1 Å². The van der Waals surface area contributed by atoms with Crippen LogP contribution >= 0.6 is 0 Å². The highest BCUT2D eigenvalue weighted by Crippen LogP contribution is 2.17. The number of rotatable bonds is 5. The van der Waals surface area contributed by atoms with Crippen LogP contribution in [0.25, 0.3) is 0 Å². The van der Waals surface area contributed by atoms with E-state index in [4.69, 9.17) is 4.74 Å². The van der Waals surface area contributed by atoms with Gasteiger partial charge in [0.25, 0.3) is 0 Å². The van der Waals surface area contributed by atoms with E-state index in [2.05, 4.69) is 23.3 Å². The summed E-state index contributed by atoms with van der Waals surface area (Å²) in [5.74, 6) is 0. The lowest BCUT2D eigenvalue weighted by molar-refractivity contribution is 0.0763. The molecule has 0 aliphatic carbocycles. The Morgan fingerprint density at radius 1 is 1.56 bits per heavy atom. The zero-order valence-electron chi connectivity index (χ0n) is 9.86. The molecular weight excluding hydrogens is 200 g/mol. The van der Waals surface area contributed by atoms with Crippen LogP contribution in [0, 0.1) is 0 Å². The molecule has 0 radical (unpaired) electrons. The molecule has 0 spiro atoms. The zero-order chi connectivity index (χ0) is 11.2. The van der Waals surface area contributed by atoms with Gasteiger partial charge < -0.3 is 10.1 Å². The monoisotopic (exact) mass is 220 g/mol. The molecule has 2 unspecified atom stereocenters. The van der Waals surface area contributed by atoms with Gasteiger partial charge >= 0.3 is 0 Å². The summed E-state index contributed by atoms with van der Waals surface area (Å²) in [7, 11) is 0. The molecule has 2 atom stereocenters. The molecule has 2 rings (SSSR count). The molecule has 16 heavy (non-hydrogen) atoms. The van der Waals surface area contributed by atoms with Crippen molar-refractivity contribution in [1.82, 2.24) is 10.3 Å². The highest BCUT2D eigenvalue weighted by molar-refractivity contribution is 5.03. The molecule has 0 saturated carbocycles. The highest BCUT2D eigenvalue weighted by atomic mass is 16.5. The first-order chi connectivity index (χ1) is 7.90. The molecule has 1 saturated heterocycles. The Morgan fingerprint density at radius 2 is 2.50 bits per heavy atom. The van der Waals surface area contributed by atoms with E-state index in [0.717, 1.165) is 25.3 Å². The molecular formula is C13H20N2O. The van der Waals surface area contributed by atoms with Gasteiger partial charge in [0, 0.05) is 25.4 Å². The molecule has 0 amide bonds. The average Bonchev–Trinajstić information content (AvgIpc) is 2.85. The lowest BCUT2D eigenvalue weighted by Crippen LogP contribution is -2.38. The lowest BCUT2D eigenvalue weighted by Gasteiger charge is -2.22. The van der Waals surface area contributed by atoms with E-state index in [1.54, 1.807) is 0 Å². The Labute approximate surface area is 97.2 Å². The second kappa shape index (κ2) is 5.97. The first kappa shape index (κ1) is 11.6. The summed E-state index contributed by atoms with van der Waals surface area (Å²) >= 11 is 0. The molecule has 1 aromatic heterocycles. The van der Waals surface area contributed by atoms with Gasteiger partial charge in [-0.3, -0.25) is 4.98 Å². The Balaban J connectivity index is 1.83. The molecule has 88 valence electrons. The Kier molecular flexibility index (Phi) is 4.31. The van der Waals surface area contributed by atoms with E-state index in [9.17, 15) is 0 Å². The van der Waals surface area contributed by atoms with Crippen LogP contribution in [-0.4, -0.2) is 23.7 Å². The predicted molar refractivity (Wildman–Crippen MR) is 64.1 cm³/mol. The predicted octanol–water partition coefficient (Wildman–Crippen LogP) is 2.13. The van der Waals surface area contributed by atoms with Crippen molar-refractivity contribution in [2.75, 3.05) is 6.61 Å². The molecule has 0 bridgehead atoms. The molecule has 1 N–H and O–H groups in total. The second-order valence-electron chi connectivity index (χ2n) is 4.27. The molecule has 1 aliphatic heterocycles. The van der Waals surface area contributed by atoms with Crippen molar-refractivity contribution < 1.29 is 4.74 Å². The van der Waals surface area contributed by atoms with Crippen LogP contribution in [0.4, 0.5) is 0 Å². The Hall–Kier alpha value is -0.930. The van der Waals surface area contributed by atoms with Crippen molar-refractivity contribution in [3.63, 3.8) is 0 Å². The Bertz CT molecular complexity index is 296. The Morgan fingerprint density at radius 3 is 3.12 bits per heavy atom. The minimum Gasteiger partial charge on any atom is -0.377 e. The van der Waals surface area contributed by atoms with Crippen LogP contribution in [0.3, 0.4) is 0 Å². The molecule has 1 aromatic rings. The van der Waals surface area contributed by atoms with E-state index in [1.807, 2.05) is 18.3 Å². The summed E-state index contributed by atoms with van der Waals surface area (Å²) in [6, 6.07) is 6.48. The minimum atomic E-state index is 0.397. The van der Waals surface area contributed by atoms with Gasteiger partial charge in [0.2, 0.25) is 0 Å². The summed E-state index contributed by atoms with van der Waals surface area (Å²) in [6.45, 7) is 3.96. The summed E-state index contributed by atoms with van der Waals surface area (Å²) in [6.07, 6.45) is 5.73. The van der Waals surface area contributed by atoms with Crippen LogP contribution in [0.1, 0.15) is 31.9 Å². The third kappa shape index (κ3) is 3.03. The van der Waals surface area contributed by atoms with Gasteiger partial charge in [-0.05, 0) is 31.4 Å².